The predicted molar refractivity (Wildman–Crippen MR) is 79.3 cm³/mol. The molecule has 0 unspecified atom stereocenters. The molecule has 0 spiro atoms. The van der Waals surface area contributed by atoms with E-state index in [4.69, 9.17) is 11.6 Å². The zero-order valence-corrected chi connectivity index (χ0v) is 13.8. The summed E-state index contributed by atoms with van der Waals surface area (Å²) in [6.07, 6.45) is -2.35. The van der Waals surface area contributed by atoms with Gasteiger partial charge in [0.1, 0.15) is 16.1 Å². The van der Waals surface area contributed by atoms with E-state index in [2.05, 4.69) is 15.6 Å². The average Bonchev–Trinajstić information content (AvgIpc) is 2.93. The molecule has 2 atom stereocenters. The van der Waals surface area contributed by atoms with Crippen molar-refractivity contribution in [3.8, 4) is 0 Å². The fourth-order valence-electron chi connectivity index (χ4n) is 2.13. The van der Waals surface area contributed by atoms with Crippen LogP contribution in [0.25, 0.3) is 0 Å². The third-order valence-corrected chi connectivity index (χ3v) is 4.92. The van der Waals surface area contributed by atoms with Gasteiger partial charge in [0.25, 0.3) is 12.3 Å². The molecule has 9 heteroatoms. The number of nitrogens with zero attached hydrogens (tertiary/aromatic N) is 1. The molecular formula is C13H16ClF2N3O2S. The Kier molecular flexibility index (Phi) is 4.72. The quantitative estimate of drug-likeness (QED) is 0.879. The summed E-state index contributed by atoms with van der Waals surface area (Å²) in [5.74, 6) is -0.960. The molecule has 0 saturated carbocycles. The molecule has 2 amide bonds. The van der Waals surface area contributed by atoms with E-state index in [9.17, 15) is 18.4 Å². The van der Waals surface area contributed by atoms with Gasteiger partial charge in [-0.15, -0.1) is 11.3 Å². The van der Waals surface area contributed by atoms with Crippen LogP contribution in [0.2, 0.25) is 5.15 Å². The Morgan fingerprint density at radius 3 is 2.59 bits per heavy atom. The molecule has 122 valence electrons. The number of amides is 2. The largest absolute Gasteiger partial charge is 0.351 e. The first kappa shape index (κ1) is 17.1. The first-order chi connectivity index (χ1) is 10.1. The molecule has 0 aromatic carbocycles. The van der Waals surface area contributed by atoms with Crippen LogP contribution in [0, 0.1) is 5.41 Å². The molecule has 0 aliphatic carbocycles. The summed E-state index contributed by atoms with van der Waals surface area (Å²) >= 11 is 6.10. The third kappa shape index (κ3) is 3.55. The van der Waals surface area contributed by atoms with Gasteiger partial charge in [-0.1, -0.05) is 32.4 Å². The van der Waals surface area contributed by atoms with E-state index in [0.717, 1.165) is 0 Å². The van der Waals surface area contributed by atoms with Crippen molar-refractivity contribution in [2.45, 2.75) is 45.7 Å². The van der Waals surface area contributed by atoms with Gasteiger partial charge in [0.2, 0.25) is 5.91 Å². The summed E-state index contributed by atoms with van der Waals surface area (Å²) < 4.78 is 25.3. The number of carbonyl (C=O) groups is 2. The first-order valence-electron chi connectivity index (χ1n) is 6.65. The molecule has 0 bridgehead atoms. The lowest BCUT2D eigenvalue weighted by Gasteiger charge is -2.26. The summed E-state index contributed by atoms with van der Waals surface area (Å²) in [5.41, 5.74) is -0.136. The van der Waals surface area contributed by atoms with Gasteiger partial charge in [0, 0.05) is 6.04 Å². The van der Waals surface area contributed by atoms with Crippen molar-refractivity contribution < 1.29 is 18.4 Å². The summed E-state index contributed by atoms with van der Waals surface area (Å²) in [4.78, 5) is 27.1. The number of alkyl halides is 2. The molecule has 5 nitrogen and oxygen atoms in total. The molecule has 0 radical (unpaired) electrons. The van der Waals surface area contributed by atoms with Crippen LogP contribution < -0.4 is 10.6 Å². The molecular weight excluding hydrogens is 336 g/mol. The molecule has 1 saturated heterocycles. The van der Waals surface area contributed by atoms with E-state index < -0.39 is 23.3 Å². The van der Waals surface area contributed by atoms with Crippen molar-refractivity contribution in [1.82, 2.24) is 15.6 Å². The maximum atomic E-state index is 12.6. The number of carbonyl (C=O) groups excluding carboxylic acids is 2. The van der Waals surface area contributed by atoms with Gasteiger partial charge >= 0.3 is 0 Å². The topological polar surface area (TPSA) is 71.1 Å². The second-order valence-corrected chi connectivity index (χ2v) is 7.55. The van der Waals surface area contributed by atoms with Crippen LogP contribution in [0.5, 0.6) is 0 Å². The van der Waals surface area contributed by atoms with Crippen molar-refractivity contribution >= 4 is 34.8 Å². The van der Waals surface area contributed by atoms with Gasteiger partial charge in [0.15, 0.2) is 5.01 Å². The van der Waals surface area contributed by atoms with E-state index >= 15 is 0 Å². The van der Waals surface area contributed by atoms with Gasteiger partial charge in [-0.25, -0.2) is 13.8 Å². The Morgan fingerprint density at radius 1 is 1.50 bits per heavy atom. The third-order valence-electron chi connectivity index (χ3n) is 3.46. The molecule has 1 aliphatic rings. The van der Waals surface area contributed by atoms with Crippen molar-refractivity contribution in [3.05, 3.63) is 15.0 Å². The van der Waals surface area contributed by atoms with E-state index in [1.807, 2.05) is 20.8 Å². The highest BCUT2D eigenvalue weighted by Gasteiger charge is 2.39. The second-order valence-electron chi connectivity index (χ2n) is 6.16. The van der Waals surface area contributed by atoms with Crippen LogP contribution in [0.15, 0.2) is 0 Å². The smallest absolute Gasteiger partial charge is 0.280 e. The van der Waals surface area contributed by atoms with E-state index in [1.165, 1.54) is 0 Å². The van der Waals surface area contributed by atoms with Crippen LogP contribution in [-0.2, 0) is 4.79 Å². The van der Waals surface area contributed by atoms with Crippen LogP contribution in [0.4, 0.5) is 8.78 Å². The zero-order valence-electron chi connectivity index (χ0n) is 12.2. The van der Waals surface area contributed by atoms with Crippen molar-refractivity contribution in [3.63, 3.8) is 0 Å². The first-order valence-corrected chi connectivity index (χ1v) is 7.84. The van der Waals surface area contributed by atoms with Crippen molar-refractivity contribution in [2.75, 3.05) is 0 Å². The highest BCUT2D eigenvalue weighted by molar-refractivity contribution is 7.14. The zero-order chi connectivity index (χ0) is 16.7. The predicted octanol–water partition coefficient (Wildman–Crippen LogP) is 2.77. The lowest BCUT2D eigenvalue weighted by Crippen LogP contribution is -2.40. The Bertz CT molecular complexity index is 601. The van der Waals surface area contributed by atoms with Gasteiger partial charge in [-0.05, 0) is 11.8 Å². The van der Waals surface area contributed by atoms with Crippen LogP contribution in [0.1, 0.15) is 48.3 Å². The number of halogens is 3. The minimum absolute atomic E-state index is 0.0678. The van der Waals surface area contributed by atoms with Crippen LogP contribution >= 0.6 is 22.9 Å². The highest BCUT2D eigenvalue weighted by Crippen LogP contribution is 2.32. The number of nitrogens with one attached hydrogen (secondary N) is 2. The Morgan fingerprint density at radius 2 is 2.14 bits per heavy atom. The van der Waals surface area contributed by atoms with Gasteiger partial charge < -0.3 is 10.6 Å². The maximum absolute atomic E-state index is 12.6. The maximum Gasteiger partial charge on any atom is 0.280 e. The van der Waals surface area contributed by atoms with E-state index in [0.29, 0.717) is 17.8 Å². The Labute approximate surface area is 135 Å². The van der Waals surface area contributed by atoms with Crippen molar-refractivity contribution in [2.24, 2.45) is 5.41 Å². The summed E-state index contributed by atoms with van der Waals surface area (Å²) in [7, 11) is 0. The minimum Gasteiger partial charge on any atom is -0.351 e. The Hall–Kier alpha value is -1.28. The average molecular weight is 352 g/mol. The van der Waals surface area contributed by atoms with Crippen molar-refractivity contribution in [1.29, 1.82) is 0 Å². The Balaban J connectivity index is 2.06. The summed E-state index contributed by atoms with van der Waals surface area (Å²) in [6.45, 7) is 5.95. The second kappa shape index (κ2) is 6.08. The number of hydrogen-bond donors (Lipinski definition) is 2. The fourth-order valence-corrected chi connectivity index (χ4v) is 3.18. The standard InChI is InChI=1S/C13H16ClF2N3O2S/c1-13(2,3)6-4-5(10(20)18-6)17-11(21)12-19-8(14)7(22-12)9(15)16/h5-6,9H,4H2,1-3H3,(H,17,21)(H,18,20)/t5-,6-/m0/s1. The molecule has 1 fully saturated rings. The molecule has 2 heterocycles. The molecule has 1 aromatic rings. The van der Waals surface area contributed by atoms with E-state index in [-0.39, 0.29) is 27.5 Å². The van der Waals surface area contributed by atoms with Gasteiger partial charge in [-0.3, -0.25) is 9.59 Å². The number of aromatic nitrogens is 1. The monoisotopic (exact) mass is 351 g/mol. The minimum atomic E-state index is -2.79. The molecule has 2 rings (SSSR count). The SMILES string of the molecule is CC(C)(C)[C@@H]1C[C@H](NC(=O)c2nc(Cl)c(C(F)F)s2)C(=O)N1. The lowest BCUT2D eigenvalue weighted by molar-refractivity contribution is -0.121. The summed E-state index contributed by atoms with van der Waals surface area (Å²) in [6, 6.07) is -0.767. The fraction of sp³-hybridized carbons (Fsp3) is 0.615. The van der Waals surface area contributed by atoms with Crippen LogP contribution in [0.3, 0.4) is 0 Å². The normalized spacial score (nSPS) is 22.0. The molecule has 1 aliphatic heterocycles. The van der Waals surface area contributed by atoms with Gasteiger partial charge in [-0.2, -0.15) is 0 Å². The van der Waals surface area contributed by atoms with E-state index in [1.54, 1.807) is 0 Å². The molecule has 22 heavy (non-hydrogen) atoms. The number of thiazole rings is 1. The summed E-state index contributed by atoms with van der Waals surface area (Å²) in [5, 5.41) is 4.78. The lowest BCUT2D eigenvalue weighted by atomic mass is 9.85. The van der Waals surface area contributed by atoms with Gasteiger partial charge in [0.05, 0.1) is 0 Å². The van der Waals surface area contributed by atoms with Crippen LogP contribution in [-0.4, -0.2) is 28.9 Å². The molecule has 2 N–H and O–H groups in total. The highest BCUT2D eigenvalue weighted by atomic mass is 35.5. The molecule has 1 aromatic heterocycles. The number of hydrogen-bond acceptors (Lipinski definition) is 4. The number of rotatable bonds is 3.